The molecule has 0 aliphatic heterocycles. The van der Waals surface area contributed by atoms with Crippen LogP contribution < -0.4 is 0 Å². The highest BCUT2D eigenvalue weighted by molar-refractivity contribution is 6.32. The maximum absolute atomic E-state index is 12.9. The van der Waals surface area contributed by atoms with Crippen LogP contribution in [0.3, 0.4) is 0 Å². The van der Waals surface area contributed by atoms with Crippen molar-refractivity contribution in [1.82, 2.24) is 9.97 Å². The van der Waals surface area contributed by atoms with E-state index in [0.717, 1.165) is 0 Å². The zero-order valence-electron chi connectivity index (χ0n) is 7.42. The third kappa shape index (κ3) is 2.43. The van der Waals surface area contributed by atoms with Gasteiger partial charge in [0.05, 0.1) is 5.69 Å². The van der Waals surface area contributed by atoms with Crippen LogP contribution in [0, 0.1) is 5.82 Å². The van der Waals surface area contributed by atoms with Crippen LogP contribution in [0.2, 0.25) is 10.4 Å². The van der Waals surface area contributed by atoms with E-state index in [1.54, 1.807) is 12.1 Å². The lowest BCUT2D eigenvalue weighted by molar-refractivity contribution is 0.628. The number of rotatable bonds is 1. The summed E-state index contributed by atoms with van der Waals surface area (Å²) in [6.07, 6.45) is 0. The summed E-state index contributed by atoms with van der Waals surface area (Å²) in [6, 6.07) is 7.55. The van der Waals surface area contributed by atoms with Crippen molar-refractivity contribution in [2.24, 2.45) is 0 Å². The molecule has 0 fully saturated rings. The van der Waals surface area contributed by atoms with Gasteiger partial charge in [0.25, 0.3) is 0 Å². The summed E-state index contributed by atoms with van der Waals surface area (Å²) in [5.41, 5.74) is 1.11. The van der Waals surface area contributed by atoms with Crippen LogP contribution in [-0.2, 0) is 0 Å². The topological polar surface area (TPSA) is 25.8 Å². The van der Waals surface area contributed by atoms with Gasteiger partial charge in [-0.05, 0) is 23.7 Å². The first-order valence-corrected chi connectivity index (χ1v) is 4.87. The van der Waals surface area contributed by atoms with E-state index in [-0.39, 0.29) is 16.3 Å². The molecule has 0 unspecified atom stereocenters. The first kappa shape index (κ1) is 10.3. The van der Waals surface area contributed by atoms with Crippen LogP contribution in [0.5, 0.6) is 0 Å². The molecule has 76 valence electrons. The van der Waals surface area contributed by atoms with Crippen molar-refractivity contribution in [3.8, 4) is 11.3 Å². The van der Waals surface area contributed by atoms with Gasteiger partial charge in [-0.15, -0.1) is 0 Å². The summed E-state index contributed by atoms with van der Waals surface area (Å²) in [7, 11) is 0. The third-order valence-electron chi connectivity index (χ3n) is 1.79. The van der Waals surface area contributed by atoms with Gasteiger partial charge in [0, 0.05) is 11.6 Å². The minimum absolute atomic E-state index is 0.0433. The molecule has 0 aliphatic carbocycles. The van der Waals surface area contributed by atoms with Crippen molar-refractivity contribution in [2.45, 2.75) is 0 Å². The van der Waals surface area contributed by atoms with Gasteiger partial charge in [-0.3, -0.25) is 0 Å². The molecule has 0 N–H and O–H groups in total. The van der Waals surface area contributed by atoms with Gasteiger partial charge in [-0.2, -0.15) is 0 Å². The Labute approximate surface area is 95.7 Å². The fraction of sp³-hybridized carbons (Fsp3) is 0. The van der Waals surface area contributed by atoms with Crippen LogP contribution in [-0.4, -0.2) is 9.97 Å². The maximum atomic E-state index is 12.9. The van der Waals surface area contributed by atoms with Crippen LogP contribution in [0.15, 0.2) is 30.3 Å². The molecule has 0 aliphatic rings. The largest absolute Gasteiger partial charge is 0.224 e. The number of hydrogen-bond donors (Lipinski definition) is 0. The SMILES string of the molecule is Fc1cccc(-c2cc(Cl)nc(Cl)n2)c1. The molecule has 1 aromatic carbocycles. The first-order valence-electron chi connectivity index (χ1n) is 4.11. The second kappa shape index (κ2) is 4.13. The Morgan fingerprint density at radius 3 is 2.53 bits per heavy atom. The Hall–Kier alpha value is -1.19. The Morgan fingerprint density at radius 1 is 1.07 bits per heavy atom. The highest BCUT2D eigenvalue weighted by Gasteiger charge is 2.04. The lowest BCUT2D eigenvalue weighted by Crippen LogP contribution is -1.88. The van der Waals surface area contributed by atoms with Crippen LogP contribution in [0.4, 0.5) is 4.39 Å². The normalized spacial score (nSPS) is 10.3. The van der Waals surface area contributed by atoms with Crippen molar-refractivity contribution in [3.05, 3.63) is 46.6 Å². The minimum atomic E-state index is -0.335. The lowest BCUT2D eigenvalue weighted by Gasteiger charge is -2.01. The molecule has 15 heavy (non-hydrogen) atoms. The number of hydrogen-bond acceptors (Lipinski definition) is 2. The number of nitrogens with zero attached hydrogens (tertiary/aromatic N) is 2. The van der Waals surface area contributed by atoms with E-state index in [2.05, 4.69) is 9.97 Å². The van der Waals surface area contributed by atoms with E-state index in [1.165, 1.54) is 18.2 Å². The summed E-state index contributed by atoms with van der Waals surface area (Å²) in [4.78, 5) is 7.66. The van der Waals surface area contributed by atoms with E-state index >= 15 is 0 Å². The van der Waals surface area contributed by atoms with E-state index < -0.39 is 0 Å². The van der Waals surface area contributed by atoms with E-state index in [0.29, 0.717) is 11.3 Å². The second-order valence-electron chi connectivity index (χ2n) is 2.86. The number of benzene rings is 1. The van der Waals surface area contributed by atoms with Gasteiger partial charge >= 0.3 is 0 Å². The molecule has 2 nitrogen and oxygen atoms in total. The van der Waals surface area contributed by atoms with E-state index in [1.807, 2.05) is 0 Å². The zero-order valence-corrected chi connectivity index (χ0v) is 8.93. The molecule has 1 heterocycles. The summed E-state index contributed by atoms with van der Waals surface area (Å²) in [6.45, 7) is 0. The molecule has 0 bridgehead atoms. The number of aromatic nitrogens is 2. The molecule has 1 aromatic heterocycles. The van der Waals surface area contributed by atoms with Crippen molar-refractivity contribution in [2.75, 3.05) is 0 Å². The summed E-state index contributed by atoms with van der Waals surface area (Å²) in [5, 5.41) is 0.274. The first-order chi connectivity index (χ1) is 7.15. The van der Waals surface area contributed by atoms with Crippen LogP contribution in [0.25, 0.3) is 11.3 Å². The summed E-state index contributed by atoms with van der Waals surface area (Å²) >= 11 is 11.3. The van der Waals surface area contributed by atoms with Gasteiger partial charge in [0.15, 0.2) is 0 Å². The predicted molar refractivity (Wildman–Crippen MR) is 57.4 cm³/mol. The molecule has 2 aromatic rings. The van der Waals surface area contributed by atoms with Crippen molar-refractivity contribution in [1.29, 1.82) is 0 Å². The molecular weight excluding hydrogens is 238 g/mol. The minimum Gasteiger partial charge on any atom is -0.218 e. The summed E-state index contributed by atoms with van der Waals surface area (Å²) < 4.78 is 12.9. The van der Waals surface area contributed by atoms with Gasteiger partial charge in [0.1, 0.15) is 11.0 Å². The van der Waals surface area contributed by atoms with Crippen molar-refractivity contribution < 1.29 is 4.39 Å². The maximum Gasteiger partial charge on any atom is 0.224 e. The van der Waals surface area contributed by atoms with Gasteiger partial charge in [-0.1, -0.05) is 23.7 Å². The molecule has 0 amide bonds. The fourth-order valence-corrected chi connectivity index (χ4v) is 1.59. The van der Waals surface area contributed by atoms with Crippen LogP contribution >= 0.6 is 23.2 Å². The smallest absolute Gasteiger partial charge is 0.218 e. The predicted octanol–water partition coefficient (Wildman–Crippen LogP) is 3.59. The Kier molecular flexibility index (Phi) is 2.84. The molecule has 2 rings (SSSR count). The molecular formula is C10H5Cl2FN2. The molecule has 0 saturated carbocycles. The van der Waals surface area contributed by atoms with Gasteiger partial charge in [-0.25, -0.2) is 14.4 Å². The number of halogens is 3. The average Bonchev–Trinajstić information content (AvgIpc) is 2.16. The molecule has 0 atom stereocenters. The summed E-state index contributed by atoms with van der Waals surface area (Å²) in [5.74, 6) is -0.335. The molecule has 0 radical (unpaired) electrons. The monoisotopic (exact) mass is 242 g/mol. The Balaban J connectivity index is 2.54. The second-order valence-corrected chi connectivity index (χ2v) is 3.58. The molecule has 0 spiro atoms. The van der Waals surface area contributed by atoms with Crippen molar-refractivity contribution in [3.63, 3.8) is 0 Å². The average molecular weight is 243 g/mol. The van der Waals surface area contributed by atoms with Gasteiger partial charge < -0.3 is 0 Å². The van der Waals surface area contributed by atoms with E-state index in [9.17, 15) is 4.39 Å². The fourth-order valence-electron chi connectivity index (χ4n) is 1.19. The Morgan fingerprint density at radius 2 is 1.87 bits per heavy atom. The van der Waals surface area contributed by atoms with Crippen molar-refractivity contribution >= 4 is 23.2 Å². The standard InChI is InChI=1S/C10H5Cl2FN2/c11-9-5-8(14-10(12)15-9)6-2-1-3-7(13)4-6/h1-5H. The molecule has 0 saturated heterocycles. The third-order valence-corrected chi connectivity index (χ3v) is 2.15. The Bertz CT molecular complexity index is 482. The van der Waals surface area contributed by atoms with E-state index in [4.69, 9.17) is 23.2 Å². The lowest BCUT2D eigenvalue weighted by atomic mass is 10.1. The van der Waals surface area contributed by atoms with Gasteiger partial charge in [0.2, 0.25) is 5.28 Å². The molecule has 5 heteroatoms. The zero-order chi connectivity index (χ0) is 10.8. The quantitative estimate of drug-likeness (QED) is 0.565. The van der Waals surface area contributed by atoms with Crippen LogP contribution in [0.1, 0.15) is 0 Å². The highest BCUT2D eigenvalue weighted by Crippen LogP contribution is 2.21. The highest BCUT2D eigenvalue weighted by atomic mass is 35.5.